The van der Waals surface area contributed by atoms with E-state index in [1.165, 1.54) is 12.7 Å². The van der Waals surface area contributed by atoms with Gasteiger partial charge in [0.2, 0.25) is 0 Å². The fourth-order valence-electron chi connectivity index (χ4n) is 6.40. The van der Waals surface area contributed by atoms with E-state index < -0.39 is 5.54 Å². The number of esters is 1. The van der Waals surface area contributed by atoms with Crippen LogP contribution in [-0.4, -0.2) is 26.4 Å². The van der Waals surface area contributed by atoms with Crippen LogP contribution in [0.5, 0.6) is 5.75 Å². The fraction of sp³-hybridized carbons (Fsp3) is 0.219. The Morgan fingerprint density at radius 3 is 2.36 bits per heavy atom. The molecule has 0 amide bonds. The van der Waals surface area contributed by atoms with Crippen LogP contribution in [0.2, 0.25) is 0 Å². The minimum atomic E-state index is -1.11. The number of hydrogen-bond donors (Lipinski definition) is 0. The number of carbonyl (C=O) groups is 1. The first-order valence-electron chi connectivity index (χ1n) is 12.8. The molecule has 2 aliphatic heterocycles. The number of nitrogens with zero attached hydrogens (tertiary/aromatic N) is 2. The summed E-state index contributed by atoms with van der Waals surface area (Å²) in [6.45, 7) is 0.695. The number of methoxy groups -OCH3 is 2. The fourth-order valence-corrected chi connectivity index (χ4v) is 7.06. The molecule has 0 aromatic heterocycles. The average Bonchev–Trinajstić information content (AvgIpc) is 3.28. The number of benzene rings is 4. The average molecular weight is 648 g/mol. The zero-order valence-corrected chi connectivity index (χ0v) is 24.9. The van der Waals surface area contributed by atoms with Crippen LogP contribution in [0.4, 0.5) is 11.4 Å². The number of rotatable bonds is 6. The molecule has 2 bridgehead atoms. The molecule has 4 aromatic rings. The van der Waals surface area contributed by atoms with E-state index in [0.29, 0.717) is 6.54 Å². The third-order valence-corrected chi connectivity index (χ3v) is 8.99. The molecule has 0 spiro atoms. The van der Waals surface area contributed by atoms with Crippen molar-refractivity contribution >= 4 is 49.2 Å². The lowest BCUT2D eigenvalue weighted by molar-refractivity contribution is -0.148. The van der Waals surface area contributed by atoms with Gasteiger partial charge in [-0.05, 0) is 77.7 Å². The number of anilines is 2. The van der Waals surface area contributed by atoms with Gasteiger partial charge < -0.3 is 19.3 Å². The molecular weight excluding hydrogens is 620 g/mol. The van der Waals surface area contributed by atoms with Crippen molar-refractivity contribution in [2.45, 2.75) is 30.6 Å². The van der Waals surface area contributed by atoms with Crippen LogP contribution < -0.4 is 14.5 Å². The summed E-state index contributed by atoms with van der Waals surface area (Å²) in [5.41, 5.74) is 4.11. The van der Waals surface area contributed by atoms with E-state index in [2.05, 4.69) is 90.2 Å². The zero-order chi connectivity index (χ0) is 27.1. The lowest BCUT2D eigenvalue weighted by Gasteiger charge is -2.44. The van der Waals surface area contributed by atoms with E-state index in [9.17, 15) is 4.79 Å². The standard InChI is InChI=1S/C32H28Br2N2O3/c1-38-26-15-16-29-27(18-26)28-19-30(35(29)20-21-7-4-3-5-8-21)36(25-13-11-23(33)12-14-25)32(28,31(37)39-2)22-9-6-10-24(34)17-22/h3-18,28,30H,19-20H2,1-2H3/t28-,30-,32-/m0/s1. The highest BCUT2D eigenvalue weighted by atomic mass is 79.9. The quantitative estimate of drug-likeness (QED) is 0.201. The molecule has 2 aliphatic rings. The van der Waals surface area contributed by atoms with Gasteiger partial charge in [0.1, 0.15) is 11.9 Å². The van der Waals surface area contributed by atoms with E-state index in [0.717, 1.165) is 43.6 Å². The molecule has 0 radical (unpaired) electrons. The van der Waals surface area contributed by atoms with Crippen molar-refractivity contribution in [1.82, 2.24) is 0 Å². The van der Waals surface area contributed by atoms with Crippen molar-refractivity contribution in [2.24, 2.45) is 0 Å². The predicted molar refractivity (Wildman–Crippen MR) is 161 cm³/mol. The van der Waals surface area contributed by atoms with Crippen molar-refractivity contribution < 1.29 is 14.3 Å². The van der Waals surface area contributed by atoms with E-state index in [4.69, 9.17) is 9.47 Å². The summed E-state index contributed by atoms with van der Waals surface area (Å²) < 4.78 is 13.3. The molecule has 1 fully saturated rings. The molecule has 0 N–H and O–H groups in total. The Bertz CT molecular complexity index is 1510. The summed E-state index contributed by atoms with van der Waals surface area (Å²) in [6, 6.07) is 33.0. The summed E-state index contributed by atoms with van der Waals surface area (Å²) in [6.07, 6.45) is 0.639. The van der Waals surface area contributed by atoms with Gasteiger partial charge >= 0.3 is 5.97 Å². The summed E-state index contributed by atoms with van der Waals surface area (Å²) >= 11 is 7.26. The predicted octanol–water partition coefficient (Wildman–Crippen LogP) is 7.63. The van der Waals surface area contributed by atoms with E-state index in [1.54, 1.807) is 7.11 Å². The minimum Gasteiger partial charge on any atom is -0.497 e. The third kappa shape index (κ3) is 4.23. The third-order valence-electron chi connectivity index (χ3n) is 7.97. The van der Waals surface area contributed by atoms with Crippen molar-refractivity contribution in [3.8, 4) is 5.75 Å². The Morgan fingerprint density at radius 1 is 0.897 bits per heavy atom. The number of fused-ring (bicyclic) bond motifs is 5. The van der Waals surface area contributed by atoms with Crippen LogP contribution in [-0.2, 0) is 21.6 Å². The Morgan fingerprint density at radius 2 is 1.67 bits per heavy atom. The Hall–Kier alpha value is -3.29. The van der Waals surface area contributed by atoms with Crippen LogP contribution in [0.1, 0.15) is 29.0 Å². The van der Waals surface area contributed by atoms with Crippen LogP contribution >= 0.6 is 31.9 Å². The molecule has 1 saturated heterocycles. The van der Waals surface area contributed by atoms with Crippen molar-refractivity contribution in [3.63, 3.8) is 0 Å². The minimum absolute atomic E-state index is 0.102. The molecule has 2 heterocycles. The second-order valence-corrected chi connectivity index (χ2v) is 11.8. The summed E-state index contributed by atoms with van der Waals surface area (Å²) in [7, 11) is 3.16. The maximum Gasteiger partial charge on any atom is 0.337 e. The molecule has 5 nitrogen and oxygen atoms in total. The number of hydrogen-bond acceptors (Lipinski definition) is 5. The Kier molecular flexibility index (Phi) is 6.89. The Balaban J connectivity index is 1.66. The van der Waals surface area contributed by atoms with Gasteiger partial charge in [0.05, 0.1) is 14.2 Å². The van der Waals surface area contributed by atoms with Crippen molar-refractivity contribution in [2.75, 3.05) is 24.0 Å². The van der Waals surface area contributed by atoms with Gasteiger partial charge in [-0.2, -0.15) is 0 Å². The van der Waals surface area contributed by atoms with Gasteiger partial charge in [0.15, 0.2) is 5.54 Å². The van der Waals surface area contributed by atoms with Gasteiger partial charge in [-0.25, -0.2) is 4.79 Å². The van der Waals surface area contributed by atoms with Crippen LogP contribution in [0.15, 0.2) is 106 Å². The smallest absolute Gasteiger partial charge is 0.337 e. The number of halogens is 2. The monoisotopic (exact) mass is 646 g/mol. The summed E-state index contributed by atoms with van der Waals surface area (Å²) in [5.74, 6) is 0.304. The summed E-state index contributed by atoms with van der Waals surface area (Å²) in [5, 5.41) is 0. The Labute approximate surface area is 245 Å². The van der Waals surface area contributed by atoms with Gasteiger partial charge in [-0.3, -0.25) is 0 Å². The van der Waals surface area contributed by atoms with Crippen molar-refractivity contribution in [1.29, 1.82) is 0 Å². The molecule has 6 rings (SSSR count). The molecular formula is C32H28Br2N2O3. The van der Waals surface area contributed by atoms with Gasteiger partial charge in [0, 0.05) is 32.8 Å². The molecule has 198 valence electrons. The second-order valence-electron chi connectivity index (χ2n) is 9.92. The molecule has 4 aromatic carbocycles. The summed E-state index contributed by atoms with van der Waals surface area (Å²) in [4.78, 5) is 19.0. The molecule has 3 atom stereocenters. The molecule has 0 unspecified atom stereocenters. The maximum atomic E-state index is 14.3. The van der Waals surface area contributed by atoms with E-state index >= 15 is 0 Å². The van der Waals surface area contributed by atoms with Gasteiger partial charge in [-0.15, -0.1) is 0 Å². The van der Waals surface area contributed by atoms with Crippen LogP contribution in [0, 0.1) is 0 Å². The SMILES string of the molecule is COC(=O)[C@]1(c2cccc(Br)c2)[C@H]2C[C@@H](N(Cc3ccccc3)c3ccc(OC)cc32)N1c1ccc(Br)cc1. The molecule has 39 heavy (non-hydrogen) atoms. The lowest BCUT2D eigenvalue weighted by atomic mass is 9.73. The highest BCUT2D eigenvalue weighted by Gasteiger charge is 2.64. The molecule has 0 aliphatic carbocycles. The van der Waals surface area contributed by atoms with Gasteiger partial charge in [-0.1, -0.05) is 74.3 Å². The highest BCUT2D eigenvalue weighted by Crippen LogP contribution is 2.60. The maximum absolute atomic E-state index is 14.3. The first kappa shape index (κ1) is 26.0. The number of ether oxygens (including phenoxy) is 2. The number of carbonyl (C=O) groups excluding carboxylic acids is 1. The first-order chi connectivity index (χ1) is 19.0. The van der Waals surface area contributed by atoms with Crippen molar-refractivity contribution in [3.05, 3.63) is 123 Å². The molecule has 0 saturated carbocycles. The highest BCUT2D eigenvalue weighted by molar-refractivity contribution is 9.10. The largest absolute Gasteiger partial charge is 0.497 e. The topological polar surface area (TPSA) is 42.0 Å². The second kappa shape index (κ2) is 10.4. The molecule has 7 heteroatoms. The van der Waals surface area contributed by atoms with E-state index in [1.807, 2.05) is 48.5 Å². The van der Waals surface area contributed by atoms with E-state index in [-0.39, 0.29) is 18.1 Å². The normalized spacial score (nSPS) is 21.4. The van der Waals surface area contributed by atoms with Crippen LogP contribution in [0.25, 0.3) is 0 Å². The van der Waals surface area contributed by atoms with Crippen LogP contribution in [0.3, 0.4) is 0 Å². The zero-order valence-electron chi connectivity index (χ0n) is 21.7. The first-order valence-corrected chi connectivity index (χ1v) is 14.4. The van der Waals surface area contributed by atoms with Gasteiger partial charge in [0.25, 0.3) is 0 Å². The lowest BCUT2D eigenvalue weighted by Crippen LogP contribution is -2.56.